The van der Waals surface area contributed by atoms with E-state index < -0.39 is 6.29 Å². The minimum atomic E-state index is -0.409. The van der Waals surface area contributed by atoms with Gasteiger partial charge in [-0.25, -0.2) is 0 Å². The predicted octanol–water partition coefficient (Wildman–Crippen LogP) is 1.95. The van der Waals surface area contributed by atoms with Gasteiger partial charge in [0.15, 0.2) is 6.29 Å². The van der Waals surface area contributed by atoms with Gasteiger partial charge in [0, 0.05) is 18.7 Å². The van der Waals surface area contributed by atoms with E-state index in [1.165, 1.54) is 0 Å². The molecule has 0 heterocycles. The summed E-state index contributed by atoms with van der Waals surface area (Å²) in [5, 5.41) is 0. The molecule has 0 amide bonds. The van der Waals surface area contributed by atoms with Crippen LogP contribution in [0.2, 0.25) is 0 Å². The van der Waals surface area contributed by atoms with Crippen molar-refractivity contribution in [3.8, 4) is 5.75 Å². The first-order valence-corrected chi connectivity index (χ1v) is 6.05. The average Bonchev–Trinajstić information content (AvgIpc) is 2.33. The molecular formula is C12H18BrNO3. The van der Waals surface area contributed by atoms with Crippen LogP contribution in [0.1, 0.15) is 5.56 Å². The molecule has 0 radical (unpaired) electrons. The molecule has 96 valence electrons. The standard InChI is InChI=1S/C12H18BrNO3/c1-15-9-4-5-10(13)8(6-9)7-11(14)12(16-2)17-3/h4-6,11-12H,7,14H2,1-3H3. The second kappa shape index (κ2) is 6.96. The van der Waals surface area contributed by atoms with Crippen LogP contribution in [-0.2, 0) is 15.9 Å². The number of hydrogen-bond acceptors (Lipinski definition) is 4. The molecule has 0 aliphatic rings. The van der Waals surface area contributed by atoms with E-state index in [9.17, 15) is 0 Å². The Morgan fingerprint density at radius 1 is 1.24 bits per heavy atom. The molecule has 1 rings (SSSR count). The van der Waals surface area contributed by atoms with Gasteiger partial charge in [0.25, 0.3) is 0 Å². The van der Waals surface area contributed by atoms with Crippen molar-refractivity contribution >= 4 is 15.9 Å². The van der Waals surface area contributed by atoms with Crippen LogP contribution < -0.4 is 10.5 Å². The second-order valence-corrected chi connectivity index (χ2v) is 4.52. The Labute approximate surface area is 110 Å². The molecule has 5 heteroatoms. The minimum Gasteiger partial charge on any atom is -0.497 e. The number of halogens is 1. The van der Waals surface area contributed by atoms with Gasteiger partial charge in [0.05, 0.1) is 13.2 Å². The Kier molecular flexibility index (Phi) is 5.91. The summed E-state index contributed by atoms with van der Waals surface area (Å²) >= 11 is 3.49. The van der Waals surface area contributed by atoms with Crippen molar-refractivity contribution < 1.29 is 14.2 Å². The first-order chi connectivity index (χ1) is 8.12. The molecule has 0 aromatic heterocycles. The summed E-state index contributed by atoms with van der Waals surface area (Å²) in [7, 11) is 4.79. The fourth-order valence-electron chi connectivity index (χ4n) is 1.63. The largest absolute Gasteiger partial charge is 0.497 e. The highest BCUT2D eigenvalue weighted by Crippen LogP contribution is 2.24. The number of ether oxygens (including phenoxy) is 3. The lowest BCUT2D eigenvalue weighted by Gasteiger charge is -2.21. The van der Waals surface area contributed by atoms with Crippen LogP contribution >= 0.6 is 15.9 Å². The van der Waals surface area contributed by atoms with Crippen molar-refractivity contribution in [2.45, 2.75) is 18.8 Å². The molecule has 0 fully saturated rings. The first kappa shape index (κ1) is 14.4. The van der Waals surface area contributed by atoms with E-state index in [1.54, 1.807) is 21.3 Å². The highest BCUT2D eigenvalue weighted by molar-refractivity contribution is 9.10. The average molecular weight is 304 g/mol. The van der Waals surface area contributed by atoms with Crippen LogP contribution in [0, 0.1) is 0 Å². The zero-order valence-corrected chi connectivity index (χ0v) is 11.9. The molecule has 0 saturated carbocycles. The molecule has 1 atom stereocenters. The van der Waals surface area contributed by atoms with E-state index in [4.69, 9.17) is 19.9 Å². The third kappa shape index (κ3) is 3.96. The Bertz CT molecular complexity index is 356. The van der Waals surface area contributed by atoms with Crippen molar-refractivity contribution in [1.29, 1.82) is 0 Å². The van der Waals surface area contributed by atoms with Gasteiger partial charge in [0.2, 0.25) is 0 Å². The van der Waals surface area contributed by atoms with Gasteiger partial charge in [-0.15, -0.1) is 0 Å². The highest BCUT2D eigenvalue weighted by atomic mass is 79.9. The third-order valence-corrected chi connectivity index (χ3v) is 3.30. The van der Waals surface area contributed by atoms with E-state index in [-0.39, 0.29) is 6.04 Å². The molecule has 0 spiro atoms. The molecule has 17 heavy (non-hydrogen) atoms. The third-order valence-electron chi connectivity index (χ3n) is 2.52. The number of methoxy groups -OCH3 is 3. The zero-order valence-electron chi connectivity index (χ0n) is 10.3. The van der Waals surface area contributed by atoms with E-state index in [1.807, 2.05) is 18.2 Å². The second-order valence-electron chi connectivity index (χ2n) is 3.67. The lowest BCUT2D eigenvalue weighted by Crippen LogP contribution is -2.39. The predicted molar refractivity (Wildman–Crippen MR) is 70.2 cm³/mol. The zero-order chi connectivity index (χ0) is 12.8. The molecule has 0 bridgehead atoms. The van der Waals surface area contributed by atoms with Crippen molar-refractivity contribution in [2.24, 2.45) is 5.73 Å². The number of hydrogen-bond donors (Lipinski definition) is 1. The Balaban J connectivity index is 2.79. The van der Waals surface area contributed by atoms with Crippen molar-refractivity contribution in [2.75, 3.05) is 21.3 Å². The summed E-state index contributed by atoms with van der Waals surface area (Å²) in [5.41, 5.74) is 7.09. The van der Waals surface area contributed by atoms with Crippen molar-refractivity contribution in [1.82, 2.24) is 0 Å². The number of rotatable bonds is 6. The van der Waals surface area contributed by atoms with Crippen molar-refractivity contribution in [3.05, 3.63) is 28.2 Å². The van der Waals surface area contributed by atoms with Crippen LogP contribution in [0.5, 0.6) is 5.75 Å². The summed E-state index contributed by atoms with van der Waals surface area (Å²) < 4.78 is 16.5. The van der Waals surface area contributed by atoms with E-state index in [0.717, 1.165) is 15.8 Å². The highest BCUT2D eigenvalue weighted by Gasteiger charge is 2.18. The van der Waals surface area contributed by atoms with Gasteiger partial charge in [-0.1, -0.05) is 15.9 Å². The van der Waals surface area contributed by atoms with Crippen LogP contribution in [-0.4, -0.2) is 33.7 Å². The summed E-state index contributed by atoms with van der Waals surface area (Å²) in [6, 6.07) is 5.55. The minimum absolute atomic E-state index is 0.228. The summed E-state index contributed by atoms with van der Waals surface area (Å²) in [6.07, 6.45) is 0.234. The van der Waals surface area contributed by atoms with Gasteiger partial charge in [0.1, 0.15) is 5.75 Å². The molecule has 1 aromatic rings. The van der Waals surface area contributed by atoms with Gasteiger partial charge in [-0.2, -0.15) is 0 Å². The first-order valence-electron chi connectivity index (χ1n) is 5.26. The molecule has 0 aliphatic carbocycles. The Morgan fingerprint density at radius 3 is 2.41 bits per heavy atom. The lowest BCUT2D eigenvalue weighted by atomic mass is 10.1. The van der Waals surface area contributed by atoms with Crippen molar-refractivity contribution in [3.63, 3.8) is 0 Å². The monoisotopic (exact) mass is 303 g/mol. The van der Waals surface area contributed by atoms with Gasteiger partial charge >= 0.3 is 0 Å². The molecule has 2 N–H and O–H groups in total. The van der Waals surface area contributed by atoms with Crippen LogP contribution in [0.25, 0.3) is 0 Å². The Hall–Kier alpha value is -0.620. The van der Waals surface area contributed by atoms with E-state index in [0.29, 0.717) is 6.42 Å². The van der Waals surface area contributed by atoms with Crippen LogP contribution in [0.4, 0.5) is 0 Å². The van der Waals surface area contributed by atoms with E-state index in [2.05, 4.69) is 15.9 Å². The maximum absolute atomic E-state index is 6.02. The van der Waals surface area contributed by atoms with Gasteiger partial charge < -0.3 is 19.9 Å². The summed E-state index contributed by atoms with van der Waals surface area (Å²) in [4.78, 5) is 0. The summed E-state index contributed by atoms with van der Waals surface area (Å²) in [5.74, 6) is 0.807. The fraction of sp³-hybridized carbons (Fsp3) is 0.500. The van der Waals surface area contributed by atoms with E-state index >= 15 is 0 Å². The van der Waals surface area contributed by atoms with Gasteiger partial charge in [-0.05, 0) is 30.2 Å². The smallest absolute Gasteiger partial charge is 0.172 e. The fourth-order valence-corrected chi connectivity index (χ4v) is 2.04. The van der Waals surface area contributed by atoms with Crippen LogP contribution in [0.15, 0.2) is 22.7 Å². The quantitative estimate of drug-likeness (QED) is 0.816. The molecule has 0 saturated heterocycles. The topological polar surface area (TPSA) is 53.7 Å². The lowest BCUT2D eigenvalue weighted by molar-refractivity contribution is -0.115. The number of nitrogens with two attached hydrogens (primary N) is 1. The SMILES string of the molecule is COc1ccc(Br)c(CC(N)C(OC)OC)c1. The molecule has 1 aromatic carbocycles. The summed E-state index contributed by atoms with van der Waals surface area (Å²) in [6.45, 7) is 0. The molecule has 0 aliphatic heterocycles. The number of benzene rings is 1. The maximum Gasteiger partial charge on any atom is 0.172 e. The van der Waals surface area contributed by atoms with Gasteiger partial charge in [-0.3, -0.25) is 0 Å². The maximum atomic E-state index is 6.02. The Morgan fingerprint density at radius 2 is 1.88 bits per heavy atom. The molecule has 1 unspecified atom stereocenters. The van der Waals surface area contributed by atoms with Crippen LogP contribution in [0.3, 0.4) is 0 Å². The molecular weight excluding hydrogens is 286 g/mol. The normalized spacial score (nSPS) is 12.8. The molecule has 4 nitrogen and oxygen atoms in total.